The first-order valence-corrected chi connectivity index (χ1v) is 5.20. The average Bonchev–Trinajstić information content (AvgIpc) is 2.92. The maximum absolute atomic E-state index is 13.6. The predicted octanol–water partition coefficient (Wildman–Crippen LogP) is 0.236. The topological polar surface area (TPSA) is 108 Å². The lowest BCUT2D eigenvalue weighted by Crippen LogP contribution is -2.08. The number of nitrogens with zero attached hydrogens (tertiary/aromatic N) is 7. The lowest BCUT2D eigenvalue weighted by Gasteiger charge is -2.04. The average molecular weight is 258 g/mol. The van der Waals surface area contributed by atoms with Crippen LogP contribution in [0.3, 0.4) is 0 Å². The summed E-state index contributed by atoms with van der Waals surface area (Å²) < 4.78 is 14.9. The van der Waals surface area contributed by atoms with Gasteiger partial charge in [0.05, 0.1) is 11.8 Å². The first-order valence-electron chi connectivity index (χ1n) is 5.20. The SMILES string of the molecule is Nc1nc(-c2ccncc2F)nc(-n2cncn2)n1. The second kappa shape index (κ2) is 4.37. The molecule has 0 aliphatic heterocycles. The van der Waals surface area contributed by atoms with E-state index in [0.717, 1.165) is 6.20 Å². The Hall–Kier alpha value is -2.97. The first kappa shape index (κ1) is 11.1. The fourth-order valence-corrected chi connectivity index (χ4v) is 1.47. The molecule has 0 fully saturated rings. The number of halogens is 1. The molecule has 0 aliphatic rings. The van der Waals surface area contributed by atoms with Gasteiger partial charge in [-0.25, -0.2) is 9.37 Å². The van der Waals surface area contributed by atoms with E-state index in [1.807, 2.05) is 0 Å². The Balaban J connectivity index is 2.16. The third-order valence-electron chi connectivity index (χ3n) is 2.28. The molecule has 0 spiro atoms. The molecule has 19 heavy (non-hydrogen) atoms. The minimum absolute atomic E-state index is 0.0355. The van der Waals surface area contributed by atoms with Crippen LogP contribution in [-0.4, -0.2) is 34.7 Å². The number of aromatic nitrogens is 7. The van der Waals surface area contributed by atoms with Gasteiger partial charge in [-0.15, -0.1) is 0 Å². The van der Waals surface area contributed by atoms with Gasteiger partial charge >= 0.3 is 0 Å². The van der Waals surface area contributed by atoms with Gasteiger partial charge in [0.15, 0.2) is 11.6 Å². The van der Waals surface area contributed by atoms with Crippen LogP contribution in [0.25, 0.3) is 17.3 Å². The van der Waals surface area contributed by atoms with Crippen molar-refractivity contribution in [3.8, 4) is 17.3 Å². The fraction of sp³-hybridized carbons (Fsp3) is 0. The van der Waals surface area contributed by atoms with E-state index in [1.165, 1.54) is 29.6 Å². The highest BCUT2D eigenvalue weighted by Crippen LogP contribution is 2.18. The Labute approximate surface area is 106 Å². The van der Waals surface area contributed by atoms with E-state index in [2.05, 4.69) is 30.0 Å². The third-order valence-corrected chi connectivity index (χ3v) is 2.28. The van der Waals surface area contributed by atoms with E-state index in [9.17, 15) is 4.39 Å². The summed E-state index contributed by atoms with van der Waals surface area (Å²) in [6.07, 6.45) is 5.24. The van der Waals surface area contributed by atoms with Gasteiger partial charge in [0.25, 0.3) is 5.95 Å². The Kier molecular flexibility index (Phi) is 2.56. The van der Waals surface area contributed by atoms with Crippen LogP contribution in [0.5, 0.6) is 0 Å². The summed E-state index contributed by atoms with van der Waals surface area (Å²) in [6.45, 7) is 0. The lowest BCUT2D eigenvalue weighted by atomic mass is 10.2. The van der Waals surface area contributed by atoms with Crippen LogP contribution < -0.4 is 5.73 Å². The Morgan fingerprint density at radius 1 is 1.16 bits per heavy atom. The number of anilines is 1. The summed E-state index contributed by atoms with van der Waals surface area (Å²) in [5, 5.41) is 3.88. The van der Waals surface area contributed by atoms with Crippen LogP contribution in [0.2, 0.25) is 0 Å². The van der Waals surface area contributed by atoms with Crippen molar-refractivity contribution in [2.75, 3.05) is 5.73 Å². The predicted molar refractivity (Wildman–Crippen MR) is 62.3 cm³/mol. The van der Waals surface area contributed by atoms with Crippen molar-refractivity contribution in [3.63, 3.8) is 0 Å². The maximum Gasteiger partial charge on any atom is 0.257 e. The molecule has 94 valence electrons. The Morgan fingerprint density at radius 3 is 2.79 bits per heavy atom. The van der Waals surface area contributed by atoms with Gasteiger partial charge in [-0.05, 0) is 6.07 Å². The second-order valence-corrected chi connectivity index (χ2v) is 3.51. The van der Waals surface area contributed by atoms with Gasteiger partial charge in [0.2, 0.25) is 5.95 Å². The maximum atomic E-state index is 13.6. The van der Waals surface area contributed by atoms with Crippen molar-refractivity contribution in [3.05, 3.63) is 36.9 Å². The second-order valence-electron chi connectivity index (χ2n) is 3.51. The summed E-state index contributed by atoms with van der Waals surface area (Å²) in [4.78, 5) is 19.3. The smallest absolute Gasteiger partial charge is 0.257 e. The molecule has 0 radical (unpaired) electrons. The molecule has 0 saturated carbocycles. The molecular weight excluding hydrogens is 251 g/mol. The zero-order valence-corrected chi connectivity index (χ0v) is 9.47. The molecule has 3 heterocycles. The molecule has 0 atom stereocenters. The molecule has 3 rings (SSSR count). The summed E-state index contributed by atoms with van der Waals surface area (Å²) in [5.41, 5.74) is 5.78. The van der Waals surface area contributed by atoms with Crippen molar-refractivity contribution in [2.24, 2.45) is 0 Å². The molecule has 0 amide bonds. The third kappa shape index (κ3) is 2.08. The van der Waals surface area contributed by atoms with E-state index in [-0.39, 0.29) is 23.3 Å². The van der Waals surface area contributed by atoms with E-state index in [1.54, 1.807) is 0 Å². The molecule has 0 bridgehead atoms. The van der Waals surface area contributed by atoms with Crippen LogP contribution in [0.15, 0.2) is 31.1 Å². The van der Waals surface area contributed by atoms with Gasteiger partial charge in [-0.2, -0.15) is 24.7 Å². The zero-order chi connectivity index (χ0) is 13.2. The van der Waals surface area contributed by atoms with Gasteiger partial charge < -0.3 is 5.73 Å². The first-order chi connectivity index (χ1) is 9.24. The van der Waals surface area contributed by atoms with Crippen molar-refractivity contribution in [1.82, 2.24) is 34.7 Å². The van der Waals surface area contributed by atoms with Crippen molar-refractivity contribution < 1.29 is 4.39 Å². The monoisotopic (exact) mass is 258 g/mol. The molecule has 0 aliphatic carbocycles. The fourth-order valence-electron chi connectivity index (χ4n) is 1.47. The Bertz CT molecular complexity index is 711. The summed E-state index contributed by atoms with van der Waals surface area (Å²) in [5.74, 6) is -0.307. The largest absolute Gasteiger partial charge is 0.368 e. The minimum atomic E-state index is -0.544. The Morgan fingerprint density at radius 2 is 2.05 bits per heavy atom. The standard InChI is InChI=1S/C10H7FN8/c11-7-3-13-2-1-6(7)8-16-9(12)18-10(17-8)19-5-14-4-15-19/h1-5H,(H2,12,16,17,18). The number of hydrogen-bond acceptors (Lipinski definition) is 7. The molecular formula is C10H7FN8. The van der Waals surface area contributed by atoms with Crippen LogP contribution in [0, 0.1) is 5.82 Å². The molecule has 9 heteroatoms. The van der Waals surface area contributed by atoms with Gasteiger partial charge in [-0.1, -0.05) is 0 Å². The summed E-state index contributed by atoms with van der Waals surface area (Å²) in [6, 6.07) is 1.45. The van der Waals surface area contributed by atoms with Crippen LogP contribution in [-0.2, 0) is 0 Å². The van der Waals surface area contributed by atoms with Crippen LogP contribution in [0.1, 0.15) is 0 Å². The van der Waals surface area contributed by atoms with E-state index in [0.29, 0.717) is 0 Å². The highest BCUT2D eigenvalue weighted by atomic mass is 19.1. The van der Waals surface area contributed by atoms with E-state index >= 15 is 0 Å². The summed E-state index contributed by atoms with van der Waals surface area (Å²) in [7, 11) is 0. The zero-order valence-electron chi connectivity index (χ0n) is 9.47. The van der Waals surface area contributed by atoms with E-state index in [4.69, 9.17) is 5.73 Å². The molecule has 2 N–H and O–H groups in total. The highest BCUT2D eigenvalue weighted by Gasteiger charge is 2.12. The molecule has 3 aromatic heterocycles. The van der Waals surface area contributed by atoms with Crippen LogP contribution in [0.4, 0.5) is 10.3 Å². The highest BCUT2D eigenvalue weighted by molar-refractivity contribution is 5.56. The van der Waals surface area contributed by atoms with Gasteiger partial charge in [0, 0.05) is 6.20 Å². The molecule has 8 nitrogen and oxygen atoms in total. The number of rotatable bonds is 2. The van der Waals surface area contributed by atoms with E-state index < -0.39 is 5.82 Å². The van der Waals surface area contributed by atoms with Gasteiger partial charge in [0.1, 0.15) is 12.7 Å². The number of hydrogen-bond donors (Lipinski definition) is 1. The van der Waals surface area contributed by atoms with Crippen molar-refractivity contribution in [2.45, 2.75) is 0 Å². The number of pyridine rings is 1. The quantitative estimate of drug-likeness (QED) is 0.701. The van der Waals surface area contributed by atoms with Crippen LogP contribution >= 0.6 is 0 Å². The molecule has 0 saturated heterocycles. The molecule has 0 unspecified atom stereocenters. The summed E-state index contributed by atoms with van der Waals surface area (Å²) >= 11 is 0. The number of nitrogens with two attached hydrogens (primary N) is 1. The number of nitrogen functional groups attached to an aromatic ring is 1. The lowest BCUT2D eigenvalue weighted by molar-refractivity contribution is 0.623. The normalized spacial score (nSPS) is 10.6. The minimum Gasteiger partial charge on any atom is -0.368 e. The van der Waals surface area contributed by atoms with Crippen molar-refractivity contribution in [1.29, 1.82) is 0 Å². The van der Waals surface area contributed by atoms with Gasteiger partial charge in [-0.3, -0.25) is 4.98 Å². The van der Waals surface area contributed by atoms with Crippen molar-refractivity contribution >= 4 is 5.95 Å². The molecule has 0 aromatic carbocycles. The molecule has 3 aromatic rings.